The van der Waals surface area contributed by atoms with Crippen LogP contribution in [0, 0.1) is 0 Å². The number of carboxylic acids is 1. The van der Waals surface area contributed by atoms with E-state index < -0.39 is 5.97 Å². The van der Waals surface area contributed by atoms with Crippen molar-refractivity contribution in [1.82, 2.24) is 4.57 Å². The molecule has 90 valence electrons. The van der Waals surface area contributed by atoms with Crippen molar-refractivity contribution in [1.29, 1.82) is 0 Å². The van der Waals surface area contributed by atoms with E-state index in [1.165, 1.54) is 0 Å². The lowest BCUT2D eigenvalue weighted by molar-refractivity contribution is -0.131. The molecule has 1 heterocycles. The molecule has 0 aliphatic carbocycles. The molecular weight excluding hydrogens is 226 g/mol. The minimum atomic E-state index is -0.965. The highest BCUT2D eigenvalue weighted by atomic mass is 16.4. The Kier molecular flexibility index (Phi) is 3.44. The fourth-order valence-corrected chi connectivity index (χ4v) is 1.80. The molecule has 0 saturated carbocycles. The Morgan fingerprint density at radius 2 is 1.89 bits per heavy atom. The second-order valence-corrected chi connectivity index (χ2v) is 3.73. The first-order valence-corrected chi connectivity index (χ1v) is 5.52. The van der Waals surface area contributed by atoms with Crippen molar-refractivity contribution in [2.45, 2.75) is 0 Å². The summed E-state index contributed by atoms with van der Waals surface area (Å²) in [5.41, 5.74) is 2.83. The molecule has 1 N–H and O–H groups in total. The van der Waals surface area contributed by atoms with Gasteiger partial charge in [-0.15, -0.1) is 0 Å². The van der Waals surface area contributed by atoms with Crippen molar-refractivity contribution in [2.75, 3.05) is 0 Å². The zero-order valence-corrected chi connectivity index (χ0v) is 9.78. The first-order chi connectivity index (χ1) is 8.72. The summed E-state index contributed by atoms with van der Waals surface area (Å²) in [6, 6.07) is 13.7. The monoisotopic (exact) mass is 239 g/mol. The Hall–Kier alpha value is -2.55. The van der Waals surface area contributed by atoms with Crippen molar-refractivity contribution in [3.8, 4) is 11.3 Å². The molecule has 2 aromatic rings. The van der Waals surface area contributed by atoms with Gasteiger partial charge < -0.3 is 9.67 Å². The molecule has 0 aliphatic rings. The lowest BCUT2D eigenvalue weighted by atomic mass is 10.1. The Bertz CT molecular complexity index is 594. The van der Waals surface area contributed by atoms with Gasteiger partial charge in [-0.1, -0.05) is 36.9 Å². The van der Waals surface area contributed by atoms with Crippen LogP contribution < -0.4 is 0 Å². The minimum Gasteiger partial charge on any atom is -0.478 e. The standard InChI is InChI=1S/C15H13NO2/c1-2-16-13(9-11-15(17)18)8-10-14(16)12-6-4-3-5-7-12/h2-11H,1H2,(H,17,18)/b11-9+. The smallest absolute Gasteiger partial charge is 0.328 e. The summed E-state index contributed by atoms with van der Waals surface area (Å²) in [7, 11) is 0. The van der Waals surface area contributed by atoms with Crippen molar-refractivity contribution in [3.05, 3.63) is 60.8 Å². The number of carbonyl (C=O) groups is 1. The van der Waals surface area contributed by atoms with E-state index in [1.54, 1.807) is 12.3 Å². The highest BCUT2D eigenvalue weighted by Crippen LogP contribution is 2.23. The number of hydrogen-bond acceptors (Lipinski definition) is 1. The molecule has 0 radical (unpaired) electrons. The van der Waals surface area contributed by atoms with Gasteiger partial charge >= 0.3 is 5.97 Å². The number of hydrogen-bond donors (Lipinski definition) is 1. The molecule has 3 nitrogen and oxygen atoms in total. The number of aliphatic carboxylic acids is 1. The van der Waals surface area contributed by atoms with Crippen LogP contribution in [-0.2, 0) is 4.79 Å². The maximum Gasteiger partial charge on any atom is 0.328 e. The van der Waals surface area contributed by atoms with Gasteiger partial charge in [0.1, 0.15) is 0 Å². The molecule has 0 aliphatic heterocycles. The second-order valence-electron chi connectivity index (χ2n) is 3.73. The zero-order valence-electron chi connectivity index (χ0n) is 9.78. The Labute approximate surface area is 105 Å². The molecule has 0 unspecified atom stereocenters. The summed E-state index contributed by atoms with van der Waals surface area (Å²) >= 11 is 0. The molecule has 0 spiro atoms. The van der Waals surface area contributed by atoms with Crippen LogP contribution in [-0.4, -0.2) is 15.6 Å². The zero-order chi connectivity index (χ0) is 13.0. The Morgan fingerprint density at radius 1 is 1.17 bits per heavy atom. The largest absolute Gasteiger partial charge is 0.478 e. The van der Waals surface area contributed by atoms with Crippen LogP contribution in [0.25, 0.3) is 23.5 Å². The number of nitrogens with zero attached hydrogens (tertiary/aromatic N) is 1. The third-order valence-electron chi connectivity index (χ3n) is 2.60. The Morgan fingerprint density at radius 3 is 2.50 bits per heavy atom. The normalized spacial score (nSPS) is 10.7. The average Bonchev–Trinajstić information content (AvgIpc) is 2.80. The maximum atomic E-state index is 10.5. The maximum absolute atomic E-state index is 10.5. The van der Waals surface area contributed by atoms with Crippen LogP contribution in [0.15, 0.2) is 55.1 Å². The number of aromatic nitrogens is 1. The molecule has 2 rings (SSSR count). The summed E-state index contributed by atoms with van der Waals surface area (Å²) in [4.78, 5) is 10.5. The van der Waals surface area contributed by atoms with Gasteiger partial charge in [0.15, 0.2) is 0 Å². The summed E-state index contributed by atoms with van der Waals surface area (Å²) in [5.74, 6) is -0.965. The quantitative estimate of drug-likeness (QED) is 0.831. The van der Waals surface area contributed by atoms with Gasteiger partial charge in [-0.25, -0.2) is 4.79 Å². The van der Waals surface area contributed by atoms with Gasteiger partial charge in [-0.2, -0.15) is 0 Å². The van der Waals surface area contributed by atoms with Crippen LogP contribution in [0.5, 0.6) is 0 Å². The molecular formula is C15H13NO2. The van der Waals surface area contributed by atoms with Crippen molar-refractivity contribution in [2.24, 2.45) is 0 Å². The summed E-state index contributed by atoms with van der Waals surface area (Å²) in [6.45, 7) is 3.76. The molecule has 0 amide bonds. The van der Waals surface area contributed by atoms with E-state index in [-0.39, 0.29) is 0 Å². The fraction of sp³-hybridized carbons (Fsp3) is 0. The number of carboxylic acid groups (broad SMARTS) is 1. The summed E-state index contributed by atoms with van der Waals surface area (Å²) < 4.78 is 1.86. The Balaban J connectivity index is 2.46. The summed E-state index contributed by atoms with van der Waals surface area (Å²) in [6.07, 6.45) is 4.34. The van der Waals surface area contributed by atoms with Crippen LogP contribution in [0.1, 0.15) is 5.69 Å². The first kappa shape index (κ1) is 11.9. The average molecular weight is 239 g/mol. The van der Waals surface area contributed by atoms with E-state index in [0.717, 1.165) is 23.0 Å². The number of benzene rings is 1. The highest BCUT2D eigenvalue weighted by molar-refractivity contribution is 5.85. The third kappa shape index (κ3) is 2.40. The predicted octanol–water partition coefficient (Wildman–Crippen LogP) is 3.35. The van der Waals surface area contributed by atoms with E-state index >= 15 is 0 Å². The van der Waals surface area contributed by atoms with Gasteiger partial charge in [0.05, 0.1) is 5.69 Å². The van der Waals surface area contributed by atoms with Crippen LogP contribution in [0.3, 0.4) is 0 Å². The van der Waals surface area contributed by atoms with Gasteiger partial charge in [0.25, 0.3) is 0 Å². The molecule has 1 aromatic heterocycles. The predicted molar refractivity (Wildman–Crippen MR) is 72.9 cm³/mol. The van der Waals surface area contributed by atoms with Crippen LogP contribution in [0.2, 0.25) is 0 Å². The topological polar surface area (TPSA) is 42.2 Å². The third-order valence-corrected chi connectivity index (χ3v) is 2.60. The molecule has 0 atom stereocenters. The minimum absolute atomic E-state index is 0.784. The van der Waals surface area contributed by atoms with E-state index in [4.69, 9.17) is 5.11 Å². The van der Waals surface area contributed by atoms with Gasteiger partial charge in [0.2, 0.25) is 0 Å². The van der Waals surface area contributed by atoms with Crippen molar-refractivity contribution in [3.63, 3.8) is 0 Å². The van der Waals surface area contributed by atoms with Crippen LogP contribution >= 0.6 is 0 Å². The molecule has 0 bridgehead atoms. The van der Waals surface area contributed by atoms with Crippen molar-refractivity contribution >= 4 is 18.2 Å². The lowest BCUT2D eigenvalue weighted by Gasteiger charge is -2.06. The van der Waals surface area contributed by atoms with E-state index in [1.807, 2.05) is 47.0 Å². The molecule has 18 heavy (non-hydrogen) atoms. The lowest BCUT2D eigenvalue weighted by Crippen LogP contribution is -1.93. The fourth-order valence-electron chi connectivity index (χ4n) is 1.80. The van der Waals surface area contributed by atoms with E-state index in [0.29, 0.717) is 0 Å². The van der Waals surface area contributed by atoms with Gasteiger partial charge in [-0.3, -0.25) is 0 Å². The second kappa shape index (κ2) is 5.19. The first-order valence-electron chi connectivity index (χ1n) is 5.52. The SMILES string of the molecule is C=Cn1c(/C=C/C(=O)O)ccc1-c1ccccc1. The highest BCUT2D eigenvalue weighted by Gasteiger charge is 2.05. The van der Waals surface area contributed by atoms with Gasteiger partial charge in [-0.05, 0) is 23.8 Å². The van der Waals surface area contributed by atoms with Crippen LogP contribution in [0.4, 0.5) is 0 Å². The van der Waals surface area contributed by atoms with Crippen molar-refractivity contribution < 1.29 is 9.90 Å². The molecule has 1 aromatic carbocycles. The van der Waals surface area contributed by atoms with Gasteiger partial charge in [0, 0.05) is 18.0 Å². The molecule has 3 heteroatoms. The summed E-state index contributed by atoms with van der Waals surface area (Å²) in [5, 5.41) is 8.64. The molecule has 0 fully saturated rings. The van der Waals surface area contributed by atoms with E-state index in [9.17, 15) is 4.79 Å². The van der Waals surface area contributed by atoms with E-state index in [2.05, 4.69) is 6.58 Å². The molecule has 0 saturated heterocycles. The number of rotatable bonds is 4.